The van der Waals surface area contributed by atoms with Crippen molar-refractivity contribution >= 4 is 15.9 Å². The molecule has 0 bridgehead atoms. The molecule has 0 radical (unpaired) electrons. The van der Waals surface area contributed by atoms with Crippen molar-refractivity contribution in [1.82, 2.24) is 0 Å². The van der Waals surface area contributed by atoms with Gasteiger partial charge in [-0.25, -0.2) is 0 Å². The van der Waals surface area contributed by atoms with Crippen molar-refractivity contribution in [2.75, 3.05) is 0 Å². The highest BCUT2D eigenvalue weighted by atomic mass is 79.9. The van der Waals surface area contributed by atoms with Crippen LogP contribution >= 0.6 is 15.9 Å². The van der Waals surface area contributed by atoms with Gasteiger partial charge >= 0.3 is 0 Å². The first-order valence-electron chi connectivity index (χ1n) is 2.20. The molecule has 1 N–H and O–H groups in total. The maximum absolute atomic E-state index is 8.75. The highest BCUT2D eigenvalue weighted by molar-refractivity contribution is 9.12. The molecule has 0 saturated carbocycles. The third-order valence-electron chi connectivity index (χ3n) is 0.650. The minimum atomic E-state index is -0.486. The molecule has 0 aliphatic carbocycles. The second-order valence-electron chi connectivity index (χ2n) is 1.28. The first-order valence-corrected chi connectivity index (χ1v) is 2.99. The molecule has 0 rings (SSSR count). The zero-order valence-corrected chi connectivity index (χ0v) is 5.98. The first-order chi connectivity index (χ1) is 3.81. The lowest BCUT2D eigenvalue weighted by Gasteiger charge is -1.93. The van der Waals surface area contributed by atoms with Crippen LogP contribution in [0.4, 0.5) is 0 Å². The SMILES string of the molecule is C=CC(O)CC#CBr. The van der Waals surface area contributed by atoms with E-state index in [0.29, 0.717) is 6.42 Å². The van der Waals surface area contributed by atoms with Crippen LogP contribution in [0, 0.1) is 10.8 Å². The zero-order valence-electron chi connectivity index (χ0n) is 4.39. The van der Waals surface area contributed by atoms with Crippen molar-refractivity contribution in [3.63, 3.8) is 0 Å². The van der Waals surface area contributed by atoms with Crippen molar-refractivity contribution in [1.29, 1.82) is 0 Å². The Balaban J connectivity index is 3.33. The lowest BCUT2D eigenvalue weighted by atomic mass is 10.3. The third kappa shape index (κ3) is 3.91. The predicted molar refractivity (Wildman–Crippen MR) is 37.5 cm³/mol. The van der Waals surface area contributed by atoms with E-state index in [9.17, 15) is 0 Å². The van der Waals surface area contributed by atoms with Gasteiger partial charge in [0.05, 0.1) is 6.10 Å². The van der Waals surface area contributed by atoms with E-state index in [1.54, 1.807) is 0 Å². The zero-order chi connectivity index (χ0) is 6.41. The number of aliphatic hydroxyl groups is 1. The summed E-state index contributed by atoms with van der Waals surface area (Å²) in [5.74, 6) is 2.64. The monoisotopic (exact) mass is 174 g/mol. The topological polar surface area (TPSA) is 20.2 Å². The third-order valence-corrected chi connectivity index (χ3v) is 0.930. The van der Waals surface area contributed by atoms with Gasteiger partial charge in [-0.05, 0) is 4.83 Å². The molecular weight excluding hydrogens is 168 g/mol. The normalized spacial score (nSPS) is 11.2. The summed E-state index contributed by atoms with van der Waals surface area (Å²) >= 11 is 2.90. The minimum Gasteiger partial charge on any atom is -0.388 e. The lowest BCUT2D eigenvalue weighted by molar-refractivity contribution is 0.230. The summed E-state index contributed by atoms with van der Waals surface area (Å²) in [5, 5.41) is 8.75. The molecule has 0 aromatic carbocycles. The highest BCUT2D eigenvalue weighted by Gasteiger charge is 1.89. The summed E-state index contributed by atoms with van der Waals surface area (Å²) < 4.78 is 0. The molecule has 8 heavy (non-hydrogen) atoms. The molecule has 0 amide bonds. The van der Waals surface area contributed by atoms with Crippen LogP contribution in [0.5, 0.6) is 0 Å². The van der Waals surface area contributed by atoms with E-state index in [1.807, 2.05) is 0 Å². The van der Waals surface area contributed by atoms with Gasteiger partial charge in [-0.15, -0.1) is 6.58 Å². The number of hydrogen-bond acceptors (Lipinski definition) is 1. The maximum atomic E-state index is 8.75. The van der Waals surface area contributed by atoms with E-state index >= 15 is 0 Å². The van der Waals surface area contributed by atoms with Crippen LogP contribution in [-0.2, 0) is 0 Å². The summed E-state index contributed by atoms with van der Waals surface area (Å²) in [7, 11) is 0. The van der Waals surface area contributed by atoms with Crippen molar-refractivity contribution in [2.45, 2.75) is 12.5 Å². The summed E-state index contributed by atoms with van der Waals surface area (Å²) in [6.07, 6.45) is 1.42. The van der Waals surface area contributed by atoms with Gasteiger partial charge in [0.25, 0.3) is 0 Å². The van der Waals surface area contributed by atoms with Gasteiger partial charge in [0.1, 0.15) is 0 Å². The molecule has 1 nitrogen and oxygen atoms in total. The Morgan fingerprint density at radius 2 is 2.50 bits per heavy atom. The fraction of sp³-hybridized carbons (Fsp3) is 0.333. The summed E-state index contributed by atoms with van der Waals surface area (Å²) in [5.41, 5.74) is 0. The Hall–Kier alpha value is -0.260. The van der Waals surface area contributed by atoms with Gasteiger partial charge in [-0.1, -0.05) is 12.0 Å². The number of rotatable bonds is 2. The summed E-state index contributed by atoms with van der Waals surface area (Å²) in [6, 6.07) is 0. The number of halogens is 1. The molecule has 0 saturated heterocycles. The molecule has 2 heteroatoms. The number of hydrogen-bond donors (Lipinski definition) is 1. The quantitative estimate of drug-likeness (QED) is 0.495. The molecule has 1 atom stereocenters. The van der Waals surface area contributed by atoms with E-state index in [4.69, 9.17) is 5.11 Å². The molecular formula is C6H7BrO. The second kappa shape index (κ2) is 4.89. The van der Waals surface area contributed by atoms with Crippen molar-refractivity contribution < 1.29 is 5.11 Å². The summed E-state index contributed by atoms with van der Waals surface area (Å²) in [4.78, 5) is 2.49. The Morgan fingerprint density at radius 1 is 1.88 bits per heavy atom. The minimum absolute atomic E-state index is 0.453. The molecule has 44 valence electrons. The molecule has 1 unspecified atom stereocenters. The average molecular weight is 175 g/mol. The fourth-order valence-corrected chi connectivity index (χ4v) is 0.388. The van der Waals surface area contributed by atoms with Crippen LogP contribution in [0.2, 0.25) is 0 Å². The summed E-state index contributed by atoms with van der Waals surface area (Å²) in [6.45, 7) is 3.38. The predicted octanol–water partition coefficient (Wildman–Crippen LogP) is 1.28. The molecule has 0 aliphatic heterocycles. The maximum Gasteiger partial charge on any atom is 0.0827 e. The fourth-order valence-electron chi connectivity index (χ4n) is 0.226. The van der Waals surface area contributed by atoms with E-state index in [0.717, 1.165) is 0 Å². The van der Waals surface area contributed by atoms with Crippen LogP contribution < -0.4 is 0 Å². The van der Waals surface area contributed by atoms with Crippen molar-refractivity contribution in [3.05, 3.63) is 12.7 Å². The van der Waals surface area contributed by atoms with Gasteiger partial charge in [0.15, 0.2) is 0 Å². The highest BCUT2D eigenvalue weighted by Crippen LogP contribution is 1.88. The lowest BCUT2D eigenvalue weighted by Crippen LogP contribution is -1.97. The van der Waals surface area contributed by atoms with Gasteiger partial charge in [0.2, 0.25) is 0 Å². The Morgan fingerprint density at radius 3 is 2.88 bits per heavy atom. The van der Waals surface area contributed by atoms with Crippen LogP contribution in [0.15, 0.2) is 12.7 Å². The average Bonchev–Trinajstić information content (AvgIpc) is 1.83. The van der Waals surface area contributed by atoms with E-state index in [-0.39, 0.29) is 0 Å². The van der Waals surface area contributed by atoms with E-state index in [1.165, 1.54) is 6.08 Å². The van der Waals surface area contributed by atoms with Gasteiger partial charge in [0, 0.05) is 22.4 Å². The van der Waals surface area contributed by atoms with Gasteiger partial charge in [-0.2, -0.15) is 0 Å². The number of aliphatic hydroxyl groups excluding tert-OH is 1. The van der Waals surface area contributed by atoms with E-state index < -0.39 is 6.10 Å². The van der Waals surface area contributed by atoms with Crippen LogP contribution in [0.1, 0.15) is 6.42 Å². The van der Waals surface area contributed by atoms with E-state index in [2.05, 4.69) is 33.3 Å². The van der Waals surface area contributed by atoms with Gasteiger partial charge < -0.3 is 5.11 Å². The molecule has 0 aromatic rings. The molecule has 0 aliphatic rings. The Bertz CT molecular complexity index is 120. The molecule has 0 spiro atoms. The van der Waals surface area contributed by atoms with Gasteiger partial charge in [-0.3, -0.25) is 0 Å². The first kappa shape index (κ1) is 7.74. The molecule has 0 heterocycles. The van der Waals surface area contributed by atoms with Crippen LogP contribution in [0.25, 0.3) is 0 Å². The van der Waals surface area contributed by atoms with Crippen LogP contribution in [0.3, 0.4) is 0 Å². The molecule has 0 fully saturated rings. The smallest absolute Gasteiger partial charge is 0.0827 e. The van der Waals surface area contributed by atoms with Crippen molar-refractivity contribution in [3.8, 4) is 10.8 Å². The van der Waals surface area contributed by atoms with Crippen LogP contribution in [-0.4, -0.2) is 11.2 Å². The van der Waals surface area contributed by atoms with Crippen molar-refractivity contribution in [2.24, 2.45) is 0 Å². The largest absolute Gasteiger partial charge is 0.388 e. The molecule has 0 aromatic heterocycles. The Labute approximate surface area is 57.5 Å². The second-order valence-corrected chi connectivity index (χ2v) is 1.67. The standard InChI is InChI=1S/C6H7BrO/c1-2-6(8)4-3-5-7/h2,6,8H,1,4H2. The Kier molecular flexibility index (Phi) is 4.73.